The van der Waals surface area contributed by atoms with Crippen molar-refractivity contribution >= 4 is 6.09 Å². The minimum absolute atomic E-state index is 0.0606. The highest BCUT2D eigenvalue weighted by Gasteiger charge is 2.35. The largest absolute Gasteiger partial charge is 0.440 e. The summed E-state index contributed by atoms with van der Waals surface area (Å²) < 4.78 is 80.8. The topological polar surface area (TPSA) is 38.8 Å². The van der Waals surface area contributed by atoms with Gasteiger partial charge in [0.1, 0.15) is 6.54 Å². The van der Waals surface area contributed by atoms with Crippen LogP contribution in [0.3, 0.4) is 0 Å². The molecule has 4 nitrogen and oxygen atoms in total. The maximum Gasteiger partial charge on any atom is 0.422 e. The fourth-order valence-corrected chi connectivity index (χ4v) is 1.19. The van der Waals surface area contributed by atoms with E-state index in [0.717, 1.165) is 0 Å². The summed E-state index contributed by atoms with van der Waals surface area (Å²) in [7, 11) is 0. The van der Waals surface area contributed by atoms with Gasteiger partial charge in [-0.2, -0.15) is 26.3 Å². The molecule has 0 saturated carbocycles. The molecule has 0 rings (SSSR count). The molecule has 1 amide bonds. The molecule has 0 fully saturated rings. The Bertz CT molecular complexity index is 292. The van der Waals surface area contributed by atoms with Crippen molar-refractivity contribution in [3.8, 4) is 0 Å². The molecular weight excluding hydrogens is 296 g/mol. The highest BCUT2D eigenvalue weighted by molar-refractivity contribution is 5.67. The van der Waals surface area contributed by atoms with Crippen LogP contribution < -0.4 is 0 Å². The molecule has 0 aromatic carbocycles. The molecule has 0 saturated heterocycles. The number of nitrogens with zero attached hydrogens (tertiary/aromatic N) is 1. The second-order valence-corrected chi connectivity index (χ2v) is 3.76. The van der Waals surface area contributed by atoms with Crippen molar-refractivity contribution in [1.82, 2.24) is 4.90 Å². The third-order valence-corrected chi connectivity index (χ3v) is 1.91. The normalized spacial score (nSPS) is 12.3. The standard InChI is InChI=1S/C10H15F6NO3/c1-2-19-5-3-4-17(6-9(11,12)13)8(18)20-7-10(14,15)16/h2-7H2,1H3. The zero-order valence-electron chi connectivity index (χ0n) is 10.7. The van der Waals surface area contributed by atoms with E-state index < -0.39 is 38.1 Å². The van der Waals surface area contributed by atoms with Gasteiger partial charge in [0, 0.05) is 19.8 Å². The molecule has 0 aliphatic heterocycles. The minimum atomic E-state index is -4.79. The number of hydrogen-bond donors (Lipinski definition) is 0. The Morgan fingerprint density at radius 3 is 2.15 bits per heavy atom. The fraction of sp³-hybridized carbons (Fsp3) is 0.900. The quantitative estimate of drug-likeness (QED) is 0.536. The molecule has 120 valence electrons. The smallest absolute Gasteiger partial charge is 0.422 e. The van der Waals surface area contributed by atoms with E-state index >= 15 is 0 Å². The lowest BCUT2D eigenvalue weighted by Crippen LogP contribution is -2.41. The molecular formula is C10H15F6NO3. The minimum Gasteiger partial charge on any atom is -0.440 e. The maximum absolute atomic E-state index is 12.2. The van der Waals surface area contributed by atoms with Crippen LogP contribution in [0.1, 0.15) is 13.3 Å². The third-order valence-electron chi connectivity index (χ3n) is 1.91. The molecule has 0 heterocycles. The van der Waals surface area contributed by atoms with Crippen molar-refractivity contribution in [2.24, 2.45) is 0 Å². The Morgan fingerprint density at radius 2 is 1.70 bits per heavy atom. The van der Waals surface area contributed by atoms with Gasteiger partial charge in [0.15, 0.2) is 6.61 Å². The molecule has 10 heteroatoms. The molecule has 0 spiro atoms. The highest BCUT2D eigenvalue weighted by Crippen LogP contribution is 2.19. The lowest BCUT2D eigenvalue weighted by atomic mass is 10.4. The van der Waals surface area contributed by atoms with Crippen LogP contribution in [0.4, 0.5) is 31.1 Å². The average molecular weight is 311 g/mol. The van der Waals surface area contributed by atoms with Gasteiger partial charge in [0.05, 0.1) is 0 Å². The van der Waals surface area contributed by atoms with Crippen molar-refractivity contribution in [1.29, 1.82) is 0 Å². The first-order chi connectivity index (χ1) is 9.05. The van der Waals surface area contributed by atoms with Crippen LogP contribution in [0.5, 0.6) is 0 Å². The van der Waals surface area contributed by atoms with E-state index in [4.69, 9.17) is 4.74 Å². The third kappa shape index (κ3) is 10.7. The summed E-state index contributed by atoms with van der Waals surface area (Å²) in [6.07, 6.45) is -11.1. The molecule has 0 aliphatic rings. The first kappa shape index (κ1) is 18.8. The fourth-order valence-electron chi connectivity index (χ4n) is 1.19. The Labute approximate surface area is 111 Å². The molecule has 0 unspecified atom stereocenters. The second-order valence-electron chi connectivity index (χ2n) is 3.76. The van der Waals surface area contributed by atoms with E-state index in [-0.39, 0.29) is 17.9 Å². The summed E-state index contributed by atoms with van der Waals surface area (Å²) in [5.41, 5.74) is 0. The number of halogens is 6. The van der Waals surface area contributed by atoms with Gasteiger partial charge in [-0.05, 0) is 13.3 Å². The van der Waals surface area contributed by atoms with Crippen molar-refractivity contribution in [2.45, 2.75) is 25.7 Å². The molecule has 0 aromatic heterocycles. The molecule has 0 radical (unpaired) electrons. The van der Waals surface area contributed by atoms with E-state index in [1.165, 1.54) is 0 Å². The van der Waals surface area contributed by atoms with E-state index in [0.29, 0.717) is 6.61 Å². The lowest BCUT2D eigenvalue weighted by Gasteiger charge is -2.23. The van der Waals surface area contributed by atoms with Crippen molar-refractivity contribution in [3.05, 3.63) is 0 Å². The molecule has 0 aliphatic carbocycles. The Balaban J connectivity index is 4.38. The van der Waals surface area contributed by atoms with E-state index in [1.807, 2.05) is 0 Å². The number of hydrogen-bond acceptors (Lipinski definition) is 3. The number of amides is 1. The van der Waals surface area contributed by atoms with E-state index in [9.17, 15) is 31.1 Å². The summed E-state index contributed by atoms with van der Waals surface area (Å²) in [4.78, 5) is 11.4. The Morgan fingerprint density at radius 1 is 1.10 bits per heavy atom. The highest BCUT2D eigenvalue weighted by atomic mass is 19.4. The predicted octanol–water partition coefficient (Wildman–Crippen LogP) is 2.98. The van der Waals surface area contributed by atoms with Gasteiger partial charge in [0.2, 0.25) is 0 Å². The van der Waals surface area contributed by atoms with Crippen LogP contribution in [0, 0.1) is 0 Å². The van der Waals surface area contributed by atoms with Crippen LogP contribution in [-0.4, -0.2) is 56.3 Å². The molecule has 0 atom stereocenters. The van der Waals surface area contributed by atoms with E-state index in [1.54, 1.807) is 6.92 Å². The molecule has 0 N–H and O–H groups in total. The van der Waals surface area contributed by atoms with Crippen LogP contribution in [0.25, 0.3) is 0 Å². The summed E-state index contributed by atoms with van der Waals surface area (Å²) >= 11 is 0. The average Bonchev–Trinajstić information content (AvgIpc) is 2.27. The maximum atomic E-state index is 12.2. The number of carbonyl (C=O) groups excluding carboxylic acids is 1. The number of alkyl halides is 6. The van der Waals surface area contributed by atoms with Gasteiger partial charge in [0.25, 0.3) is 0 Å². The molecule has 0 aromatic rings. The van der Waals surface area contributed by atoms with Crippen LogP contribution in [-0.2, 0) is 9.47 Å². The van der Waals surface area contributed by atoms with Gasteiger partial charge < -0.3 is 9.47 Å². The van der Waals surface area contributed by atoms with Crippen molar-refractivity contribution in [3.63, 3.8) is 0 Å². The zero-order valence-corrected chi connectivity index (χ0v) is 10.7. The van der Waals surface area contributed by atoms with Gasteiger partial charge in [-0.15, -0.1) is 0 Å². The lowest BCUT2D eigenvalue weighted by molar-refractivity contribution is -0.167. The summed E-state index contributed by atoms with van der Waals surface area (Å²) in [5, 5.41) is 0. The first-order valence-electron chi connectivity index (χ1n) is 5.68. The van der Waals surface area contributed by atoms with Crippen LogP contribution in [0.2, 0.25) is 0 Å². The van der Waals surface area contributed by atoms with Gasteiger partial charge in [-0.25, -0.2) is 4.79 Å². The van der Waals surface area contributed by atoms with Crippen molar-refractivity contribution < 1.29 is 40.6 Å². The SMILES string of the molecule is CCOCCCN(CC(F)(F)F)C(=O)OCC(F)(F)F. The van der Waals surface area contributed by atoms with Gasteiger partial charge in [-0.3, -0.25) is 4.90 Å². The van der Waals surface area contributed by atoms with Gasteiger partial charge in [-0.1, -0.05) is 0 Å². The number of rotatable bonds is 7. The molecule has 0 bridgehead atoms. The van der Waals surface area contributed by atoms with E-state index in [2.05, 4.69) is 4.74 Å². The summed E-state index contributed by atoms with van der Waals surface area (Å²) in [6, 6.07) is 0. The van der Waals surface area contributed by atoms with Crippen molar-refractivity contribution in [2.75, 3.05) is 32.9 Å². The summed E-state index contributed by atoms with van der Waals surface area (Å²) in [6.45, 7) is -1.89. The van der Waals surface area contributed by atoms with Crippen LogP contribution in [0.15, 0.2) is 0 Å². The number of ether oxygens (including phenoxy) is 2. The predicted molar refractivity (Wildman–Crippen MR) is 56.1 cm³/mol. The zero-order chi connectivity index (χ0) is 15.8. The Kier molecular flexibility index (Phi) is 7.69. The van der Waals surface area contributed by atoms with Crippen LogP contribution >= 0.6 is 0 Å². The Hall–Kier alpha value is -1.19. The summed E-state index contributed by atoms with van der Waals surface area (Å²) in [5.74, 6) is 0. The first-order valence-corrected chi connectivity index (χ1v) is 5.68. The second kappa shape index (κ2) is 8.18. The number of carbonyl (C=O) groups is 1. The van der Waals surface area contributed by atoms with Gasteiger partial charge >= 0.3 is 18.4 Å². The molecule has 20 heavy (non-hydrogen) atoms. The monoisotopic (exact) mass is 311 g/mol.